The van der Waals surface area contributed by atoms with Crippen molar-refractivity contribution in [1.29, 1.82) is 0 Å². The Morgan fingerprint density at radius 1 is 0.900 bits per heavy atom. The molecular weight excluding hydrogens is 216 g/mol. The third-order valence-electron chi connectivity index (χ3n) is 0.566. The van der Waals surface area contributed by atoms with E-state index in [4.69, 9.17) is 3.83 Å². The molecule has 0 saturated carbocycles. The fourth-order valence-electron chi connectivity index (χ4n) is 0.313. The molecule has 0 unspecified atom stereocenters. The maximum atomic E-state index is 8.06. The zero-order valence-corrected chi connectivity index (χ0v) is 7.75. The van der Waals surface area contributed by atoms with E-state index in [2.05, 4.69) is 4.98 Å². The SMILES string of the molecule is Cl.Cl.[O]=[Mn].c1ccncc1. The van der Waals surface area contributed by atoms with Gasteiger partial charge >= 0.3 is 19.8 Å². The van der Waals surface area contributed by atoms with Gasteiger partial charge in [-0.05, 0) is 12.1 Å². The smallest absolute Gasteiger partial charge is 0.0267 e. The van der Waals surface area contributed by atoms with E-state index in [1.807, 2.05) is 18.2 Å². The molecule has 0 aromatic carbocycles. The second kappa shape index (κ2) is 16.0. The summed E-state index contributed by atoms with van der Waals surface area (Å²) < 4.78 is 8.06. The van der Waals surface area contributed by atoms with Gasteiger partial charge in [0.05, 0.1) is 0 Å². The van der Waals surface area contributed by atoms with Gasteiger partial charge in [0.2, 0.25) is 0 Å². The summed E-state index contributed by atoms with van der Waals surface area (Å²) in [7, 11) is 0. The Morgan fingerprint density at radius 2 is 1.30 bits per heavy atom. The molecule has 1 heterocycles. The molecule has 59 valence electrons. The van der Waals surface area contributed by atoms with Crippen LogP contribution in [-0.4, -0.2) is 4.98 Å². The molecule has 0 spiro atoms. The van der Waals surface area contributed by atoms with Gasteiger partial charge in [-0.2, -0.15) is 0 Å². The monoisotopic (exact) mass is 222 g/mol. The van der Waals surface area contributed by atoms with Crippen molar-refractivity contribution in [1.82, 2.24) is 4.98 Å². The van der Waals surface area contributed by atoms with Crippen molar-refractivity contribution in [3.8, 4) is 0 Å². The van der Waals surface area contributed by atoms with Gasteiger partial charge in [0.1, 0.15) is 0 Å². The summed E-state index contributed by atoms with van der Waals surface area (Å²) in [4.78, 5) is 3.78. The molecule has 0 fully saturated rings. The second-order valence-electron chi connectivity index (χ2n) is 1.02. The molecule has 0 N–H and O–H groups in total. The minimum atomic E-state index is 0. The summed E-state index contributed by atoms with van der Waals surface area (Å²) in [6.07, 6.45) is 3.50. The molecule has 2 nitrogen and oxygen atoms in total. The van der Waals surface area contributed by atoms with Crippen LogP contribution in [0.15, 0.2) is 30.6 Å². The number of pyridine rings is 1. The number of halogens is 2. The predicted octanol–water partition coefficient (Wildman–Crippen LogP) is 1.80. The minimum Gasteiger partial charge on any atom is -0.265 e. The molecule has 1 rings (SSSR count). The molecular formula is C5H7Cl2MnNO. The fraction of sp³-hybridized carbons (Fsp3) is 0. The summed E-state index contributed by atoms with van der Waals surface area (Å²) in [5, 5.41) is 0. The molecule has 0 aliphatic heterocycles. The quantitative estimate of drug-likeness (QED) is 0.627. The van der Waals surface area contributed by atoms with Gasteiger partial charge in [-0.1, -0.05) is 6.07 Å². The summed E-state index contributed by atoms with van der Waals surface area (Å²) in [5.41, 5.74) is 0. The van der Waals surface area contributed by atoms with Crippen LogP contribution in [-0.2, 0) is 19.8 Å². The Morgan fingerprint density at radius 3 is 1.40 bits per heavy atom. The molecule has 10 heavy (non-hydrogen) atoms. The van der Waals surface area contributed by atoms with E-state index in [-0.39, 0.29) is 24.8 Å². The molecule has 5 heteroatoms. The second-order valence-corrected chi connectivity index (χ2v) is 1.02. The molecule has 0 aliphatic carbocycles. The number of rotatable bonds is 0. The van der Waals surface area contributed by atoms with Crippen molar-refractivity contribution >= 4 is 24.8 Å². The van der Waals surface area contributed by atoms with Gasteiger partial charge in [0.25, 0.3) is 0 Å². The van der Waals surface area contributed by atoms with Crippen molar-refractivity contribution in [2.75, 3.05) is 0 Å². The molecule has 0 aliphatic rings. The molecule has 1 aromatic rings. The largest absolute Gasteiger partial charge is 0.265 e. The molecule has 1 aromatic heterocycles. The van der Waals surface area contributed by atoms with Crippen molar-refractivity contribution in [3.05, 3.63) is 30.6 Å². The van der Waals surface area contributed by atoms with E-state index < -0.39 is 0 Å². The first kappa shape index (κ1) is 16.6. The number of aromatic nitrogens is 1. The Labute approximate surface area is 80.3 Å². The third kappa shape index (κ3) is 10.9. The van der Waals surface area contributed by atoms with Crippen LogP contribution in [0.3, 0.4) is 0 Å². The third-order valence-corrected chi connectivity index (χ3v) is 0.566. The average Bonchev–Trinajstić information content (AvgIpc) is 1.96. The summed E-state index contributed by atoms with van der Waals surface area (Å²) in [6.45, 7) is 0. The normalized spacial score (nSPS) is 5.20. The first-order chi connectivity index (χ1) is 4.00. The van der Waals surface area contributed by atoms with Crippen LogP contribution in [0.5, 0.6) is 0 Å². The van der Waals surface area contributed by atoms with Crippen LogP contribution in [0.2, 0.25) is 0 Å². The van der Waals surface area contributed by atoms with E-state index in [1.54, 1.807) is 28.3 Å². The van der Waals surface area contributed by atoms with E-state index in [9.17, 15) is 0 Å². The predicted molar refractivity (Wildman–Crippen MR) is 39.4 cm³/mol. The van der Waals surface area contributed by atoms with E-state index in [1.165, 1.54) is 0 Å². The van der Waals surface area contributed by atoms with Gasteiger partial charge in [-0.15, -0.1) is 24.8 Å². The maximum absolute atomic E-state index is 8.06. The number of hydrogen-bond acceptors (Lipinski definition) is 2. The molecule has 0 atom stereocenters. The van der Waals surface area contributed by atoms with E-state index in [0.29, 0.717) is 0 Å². The summed E-state index contributed by atoms with van der Waals surface area (Å²) >= 11 is 1.69. The topological polar surface area (TPSA) is 30.0 Å². The molecule has 0 bridgehead atoms. The van der Waals surface area contributed by atoms with Crippen molar-refractivity contribution < 1.29 is 19.8 Å². The van der Waals surface area contributed by atoms with Gasteiger partial charge < -0.3 is 0 Å². The van der Waals surface area contributed by atoms with Gasteiger partial charge in [0.15, 0.2) is 0 Å². The summed E-state index contributed by atoms with van der Waals surface area (Å²) in [6, 6.07) is 5.72. The fourth-order valence-corrected chi connectivity index (χ4v) is 0.313. The Kier molecular flexibility index (Phi) is 26.5. The molecule has 0 saturated heterocycles. The van der Waals surface area contributed by atoms with Crippen LogP contribution in [0.1, 0.15) is 0 Å². The Balaban J connectivity index is -0.000000114. The minimum absolute atomic E-state index is 0. The average molecular weight is 223 g/mol. The van der Waals surface area contributed by atoms with E-state index in [0.717, 1.165) is 0 Å². The maximum Gasteiger partial charge on any atom is 0.0267 e. The summed E-state index contributed by atoms with van der Waals surface area (Å²) in [5.74, 6) is 0. The molecule has 0 radical (unpaired) electrons. The van der Waals surface area contributed by atoms with Crippen molar-refractivity contribution in [2.45, 2.75) is 0 Å². The van der Waals surface area contributed by atoms with E-state index >= 15 is 0 Å². The molecule has 0 amide bonds. The first-order valence-electron chi connectivity index (χ1n) is 2.00. The van der Waals surface area contributed by atoms with Gasteiger partial charge in [0, 0.05) is 12.4 Å². The van der Waals surface area contributed by atoms with Gasteiger partial charge in [-0.3, -0.25) is 4.98 Å². The zero-order chi connectivity index (χ0) is 6.24. The first-order valence-corrected chi connectivity index (χ1v) is 2.49. The van der Waals surface area contributed by atoms with Crippen LogP contribution in [0, 0.1) is 0 Å². The van der Waals surface area contributed by atoms with Crippen LogP contribution < -0.4 is 0 Å². The number of nitrogens with zero attached hydrogens (tertiary/aromatic N) is 1. The standard InChI is InChI=1S/C5H5N.2ClH.Mn.O/c1-2-4-6-5-3-1;;;;/h1-5H;2*1H;;. The van der Waals surface area contributed by atoms with Crippen LogP contribution in [0.4, 0.5) is 0 Å². The number of hydrogen-bond donors (Lipinski definition) is 0. The Hall–Kier alpha value is 0.0495. The van der Waals surface area contributed by atoms with Crippen molar-refractivity contribution in [2.24, 2.45) is 0 Å². The van der Waals surface area contributed by atoms with Crippen molar-refractivity contribution in [3.63, 3.8) is 0 Å². The zero-order valence-electron chi connectivity index (χ0n) is 4.94. The van der Waals surface area contributed by atoms with Crippen LogP contribution in [0.25, 0.3) is 0 Å². The van der Waals surface area contributed by atoms with Crippen LogP contribution >= 0.6 is 24.8 Å². The Bertz CT molecular complexity index is 103. The van der Waals surface area contributed by atoms with Gasteiger partial charge in [-0.25, -0.2) is 0 Å².